The Labute approximate surface area is 111 Å². The van der Waals surface area contributed by atoms with Crippen LogP contribution in [0, 0.1) is 3.57 Å². The lowest BCUT2D eigenvalue weighted by Gasteiger charge is -2.11. The van der Waals surface area contributed by atoms with E-state index in [1.807, 2.05) is 0 Å². The van der Waals surface area contributed by atoms with Crippen molar-refractivity contribution in [1.82, 2.24) is 5.32 Å². The number of rotatable bonds is 4. The Morgan fingerprint density at radius 2 is 1.53 bits per heavy atom. The van der Waals surface area contributed by atoms with Crippen LogP contribution in [0.4, 0.5) is 0 Å². The topological polar surface area (TPSA) is 115 Å². The Kier molecular flexibility index (Phi) is 4.44. The summed E-state index contributed by atoms with van der Waals surface area (Å²) in [5.41, 5.74) is 10.2. The molecule has 0 aliphatic heterocycles. The summed E-state index contributed by atoms with van der Waals surface area (Å²) < 4.78 is 0.959. The fourth-order valence-corrected chi connectivity index (χ4v) is 1.46. The van der Waals surface area contributed by atoms with Gasteiger partial charge in [-0.1, -0.05) is 0 Å². The molecule has 1 aromatic rings. The molecule has 0 atom stereocenters. The van der Waals surface area contributed by atoms with Gasteiger partial charge in [0.1, 0.15) is 0 Å². The van der Waals surface area contributed by atoms with Crippen LogP contribution in [-0.2, 0) is 9.59 Å². The Morgan fingerprint density at radius 1 is 1.06 bits per heavy atom. The zero-order chi connectivity index (χ0) is 13.0. The highest BCUT2D eigenvalue weighted by atomic mass is 127. The van der Waals surface area contributed by atoms with Gasteiger partial charge in [0.25, 0.3) is 5.91 Å². The number of carbonyl (C=O) groups excluding carboxylic acids is 3. The van der Waals surface area contributed by atoms with Crippen LogP contribution in [0.3, 0.4) is 0 Å². The quantitative estimate of drug-likeness (QED) is 0.497. The van der Waals surface area contributed by atoms with Gasteiger partial charge in [-0.3, -0.25) is 14.4 Å². The molecule has 0 heterocycles. The van der Waals surface area contributed by atoms with E-state index in [0.717, 1.165) is 3.57 Å². The van der Waals surface area contributed by atoms with Crippen molar-refractivity contribution < 1.29 is 14.4 Å². The summed E-state index contributed by atoms with van der Waals surface area (Å²) in [6.07, 6.45) is 0. The number of primary amides is 2. The molecule has 0 saturated carbocycles. The lowest BCUT2D eigenvalue weighted by molar-refractivity contribution is -0.128. The molecule has 5 N–H and O–H groups in total. The maximum absolute atomic E-state index is 11.6. The lowest BCUT2D eigenvalue weighted by atomic mass is 10.2. The smallest absolute Gasteiger partial charge is 0.252 e. The second-order valence-corrected chi connectivity index (χ2v) is 4.46. The molecule has 0 spiro atoms. The lowest BCUT2D eigenvalue weighted by Crippen LogP contribution is -2.52. The van der Waals surface area contributed by atoms with Crippen LogP contribution in [-0.4, -0.2) is 23.8 Å². The minimum absolute atomic E-state index is 0.318. The van der Waals surface area contributed by atoms with E-state index >= 15 is 0 Å². The molecule has 0 aliphatic carbocycles. The van der Waals surface area contributed by atoms with Gasteiger partial charge in [-0.2, -0.15) is 0 Å². The van der Waals surface area contributed by atoms with Crippen molar-refractivity contribution in [2.75, 3.05) is 0 Å². The van der Waals surface area contributed by atoms with Gasteiger partial charge in [0.05, 0.1) is 0 Å². The van der Waals surface area contributed by atoms with Crippen molar-refractivity contribution in [2.45, 2.75) is 6.04 Å². The van der Waals surface area contributed by atoms with Crippen molar-refractivity contribution >= 4 is 40.3 Å². The van der Waals surface area contributed by atoms with E-state index in [-0.39, 0.29) is 0 Å². The SMILES string of the molecule is NC(=O)C(NC(=O)c1ccc(I)cc1)C(N)=O. The molecule has 0 unspecified atom stereocenters. The average molecular weight is 347 g/mol. The van der Waals surface area contributed by atoms with Crippen molar-refractivity contribution in [3.8, 4) is 0 Å². The van der Waals surface area contributed by atoms with Gasteiger partial charge in [0.2, 0.25) is 11.8 Å². The van der Waals surface area contributed by atoms with Crippen LogP contribution in [0.15, 0.2) is 24.3 Å². The zero-order valence-electron chi connectivity index (χ0n) is 8.64. The highest BCUT2D eigenvalue weighted by Gasteiger charge is 2.24. The van der Waals surface area contributed by atoms with E-state index in [2.05, 4.69) is 27.9 Å². The second-order valence-electron chi connectivity index (χ2n) is 3.22. The molecule has 7 heteroatoms. The maximum atomic E-state index is 11.6. The highest BCUT2D eigenvalue weighted by molar-refractivity contribution is 14.1. The summed E-state index contributed by atoms with van der Waals surface area (Å²) >= 11 is 2.09. The predicted molar refractivity (Wildman–Crippen MR) is 68.8 cm³/mol. The number of carbonyl (C=O) groups is 3. The van der Waals surface area contributed by atoms with Crippen molar-refractivity contribution in [2.24, 2.45) is 11.5 Å². The maximum Gasteiger partial charge on any atom is 0.252 e. The van der Waals surface area contributed by atoms with Gasteiger partial charge in [0.15, 0.2) is 6.04 Å². The molecule has 1 rings (SSSR count). The van der Waals surface area contributed by atoms with E-state index in [9.17, 15) is 14.4 Å². The molecular formula is C10H10IN3O3. The third-order valence-corrected chi connectivity index (χ3v) is 2.67. The van der Waals surface area contributed by atoms with Gasteiger partial charge < -0.3 is 16.8 Å². The first-order valence-electron chi connectivity index (χ1n) is 4.57. The molecule has 90 valence electrons. The van der Waals surface area contributed by atoms with Crippen LogP contribution in [0.2, 0.25) is 0 Å². The Morgan fingerprint density at radius 3 is 1.94 bits per heavy atom. The molecular weight excluding hydrogens is 337 g/mol. The highest BCUT2D eigenvalue weighted by Crippen LogP contribution is 2.06. The molecule has 0 fully saturated rings. The number of halogens is 1. The molecule has 17 heavy (non-hydrogen) atoms. The van der Waals surface area contributed by atoms with E-state index in [1.54, 1.807) is 24.3 Å². The van der Waals surface area contributed by atoms with Crippen LogP contribution in [0.5, 0.6) is 0 Å². The minimum atomic E-state index is -1.50. The van der Waals surface area contributed by atoms with E-state index in [1.165, 1.54) is 0 Å². The van der Waals surface area contributed by atoms with Gasteiger partial charge in [-0.15, -0.1) is 0 Å². The molecule has 1 aromatic carbocycles. The first-order valence-corrected chi connectivity index (χ1v) is 5.64. The molecule has 6 nitrogen and oxygen atoms in total. The van der Waals surface area contributed by atoms with Gasteiger partial charge in [-0.05, 0) is 46.9 Å². The molecule has 0 aromatic heterocycles. The van der Waals surface area contributed by atoms with Gasteiger partial charge >= 0.3 is 0 Å². The number of amides is 3. The Balaban J connectivity index is 2.81. The van der Waals surface area contributed by atoms with Gasteiger partial charge in [0, 0.05) is 9.13 Å². The first-order chi connectivity index (χ1) is 7.91. The molecule has 0 saturated heterocycles. The average Bonchev–Trinajstić information content (AvgIpc) is 2.25. The number of nitrogens with two attached hydrogens (primary N) is 2. The monoisotopic (exact) mass is 347 g/mol. The third kappa shape index (κ3) is 3.70. The molecule has 0 radical (unpaired) electrons. The first kappa shape index (κ1) is 13.4. The summed E-state index contributed by atoms with van der Waals surface area (Å²) in [5, 5.41) is 2.16. The molecule has 0 aliphatic rings. The standard InChI is InChI=1S/C10H10IN3O3/c11-6-3-1-5(2-4-6)10(17)14-7(8(12)15)9(13)16/h1-4,7H,(H2,12,15)(H2,13,16)(H,14,17). The normalized spacial score (nSPS) is 10.0. The third-order valence-electron chi connectivity index (χ3n) is 1.95. The summed E-state index contributed by atoms with van der Waals surface area (Å²) in [5.74, 6) is -2.56. The predicted octanol–water partition coefficient (Wildman–Crippen LogP) is -0.640. The summed E-state index contributed by atoms with van der Waals surface area (Å²) in [4.78, 5) is 33.4. The molecule has 0 bridgehead atoms. The van der Waals surface area contributed by atoms with Crippen LogP contribution in [0.1, 0.15) is 10.4 Å². The Bertz CT molecular complexity index is 444. The van der Waals surface area contributed by atoms with Crippen molar-refractivity contribution in [3.05, 3.63) is 33.4 Å². The number of nitrogens with one attached hydrogen (secondary N) is 1. The fraction of sp³-hybridized carbons (Fsp3) is 0.100. The van der Waals surface area contributed by atoms with Gasteiger partial charge in [-0.25, -0.2) is 0 Å². The number of benzene rings is 1. The number of hydrogen-bond donors (Lipinski definition) is 3. The summed E-state index contributed by atoms with van der Waals surface area (Å²) in [7, 11) is 0. The van der Waals surface area contributed by atoms with Crippen LogP contribution < -0.4 is 16.8 Å². The zero-order valence-corrected chi connectivity index (χ0v) is 10.8. The van der Waals surface area contributed by atoms with Crippen molar-refractivity contribution in [3.63, 3.8) is 0 Å². The van der Waals surface area contributed by atoms with E-state index < -0.39 is 23.8 Å². The Hall–Kier alpha value is -1.64. The van der Waals surface area contributed by atoms with Crippen LogP contribution >= 0.6 is 22.6 Å². The van der Waals surface area contributed by atoms with E-state index in [4.69, 9.17) is 11.5 Å². The summed E-state index contributed by atoms with van der Waals surface area (Å²) in [6.45, 7) is 0. The van der Waals surface area contributed by atoms with Crippen LogP contribution in [0.25, 0.3) is 0 Å². The summed E-state index contributed by atoms with van der Waals surface area (Å²) in [6, 6.07) is 5.08. The molecule has 3 amide bonds. The van der Waals surface area contributed by atoms with Crippen molar-refractivity contribution in [1.29, 1.82) is 0 Å². The fourth-order valence-electron chi connectivity index (χ4n) is 1.10. The number of hydrogen-bond acceptors (Lipinski definition) is 3. The second kappa shape index (κ2) is 5.62. The largest absolute Gasteiger partial charge is 0.367 e. The minimum Gasteiger partial charge on any atom is -0.367 e. The van der Waals surface area contributed by atoms with E-state index in [0.29, 0.717) is 5.56 Å².